The number of benzene rings is 2. The first kappa shape index (κ1) is 29.9. The normalized spacial score (nSPS) is 10.7. The van der Waals surface area contributed by atoms with Gasteiger partial charge in [-0.05, 0) is 23.3 Å². The van der Waals surface area contributed by atoms with Crippen LogP contribution in [0.5, 0.6) is 0 Å². The Morgan fingerprint density at radius 3 is 1.73 bits per heavy atom. The van der Waals surface area contributed by atoms with Gasteiger partial charge in [-0.1, -0.05) is 30.2 Å². The Morgan fingerprint density at radius 1 is 0.784 bits per heavy atom. The first-order valence-electron chi connectivity index (χ1n) is 11.9. The molecule has 10 nitrogen and oxygen atoms in total. The minimum Gasteiger partial charge on any atom is -0.379 e. The van der Waals surface area contributed by atoms with Gasteiger partial charge in [-0.15, -0.1) is 6.42 Å². The van der Waals surface area contributed by atoms with Crippen LogP contribution in [0.25, 0.3) is 0 Å². The standard InChI is InChI=1S/C27H33N2O8/c1-2-12-33-14-16-35-18-20-37-21-19-36-17-15-34-13-11-27(30)28-25-7-3-23(4-8-25)22-24-5-9-26(10-6-24)29(31)32/h1,3-10,22H,11-21H2,(H,28,30). The molecule has 0 spiro atoms. The number of ether oxygens (including phenoxy) is 5. The molecule has 2 rings (SSSR count). The first-order valence-corrected chi connectivity index (χ1v) is 11.9. The first-order chi connectivity index (χ1) is 18.1. The van der Waals surface area contributed by atoms with E-state index in [0.29, 0.717) is 65.1 Å². The monoisotopic (exact) mass is 513 g/mol. The van der Waals surface area contributed by atoms with Crippen LogP contribution in [0.1, 0.15) is 17.5 Å². The SMILES string of the molecule is C#CCOCCOCCOCCOCCOCCC(=O)Nc1ccc([CH]c2ccc([N+](=O)[O-])cc2)cc1. The van der Waals surface area contributed by atoms with Gasteiger partial charge in [0.2, 0.25) is 5.91 Å². The van der Waals surface area contributed by atoms with E-state index in [2.05, 4.69) is 11.2 Å². The Hall–Kier alpha value is -3.33. The van der Waals surface area contributed by atoms with Crippen LogP contribution in [0, 0.1) is 28.9 Å². The van der Waals surface area contributed by atoms with Crippen molar-refractivity contribution in [1.82, 2.24) is 0 Å². The van der Waals surface area contributed by atoms with Gasteiger partial charge in [0.15, 0.2) is 0 Å². The molecular weight excluding hydrogens is 480 g/mol. The van der Waals surface area contributed by atoms with E-state index < -0.39 is 4.92 Å². The molecule has 0 aliphatic rings. The van der Waals surface area contributed by atoms with E-state index in [-0.39, 0.29) is 24.6 Å². The number of nitro benzene ring substituents is 1. The van der Waals surface area contributed by atoms with Crippen molar-refractivity contribution < 1.29 is 33.4 Å². The third-order valence-electron chi connectivity index (χ3n) is 4.78. The van der Waals surface area contributed by atoms with Gasteiger partial charge in [0.1, 0.15) is 6.61 Å². The Balaban J connectivity index is 1.44. The number of non-ortho nitro benzene ring substituents is 1. The van der Waals surface area contributed by atoms with Crippen molar-refractivity contribution in [2.75, 3.05) is 71.4 Å². The molecule has 0 heterocycles. The highest BCUT2D eigenvalue weighted by atomic mass is 16.6. The molecule has 1 N–H and O–H groups in total. The largest absolute Gasteiger partial charge is 0.379 e. The summed E-state index contributed by atoms with van der Waals surface area (Å²) in [6, 6.07) is 13.6. The quantitative estimate of drug-likeness (QED) is 0.124. The molecule has 0 aliphatic carbocycles. The average Bonchev–Trinajstić information content (AvgIpc) is 2.90. The number of amides is 1. The summed E-state index contributed by atoms with van der Waals surface area (Å²) >= 11 is 0. The van der Waals surface area contributed by atoms with Crippen LogP contribution >= 0.6 is 0 Å². The van der Waals surface area contributed by atoms with E-state index in [4.69, 9.17) is 30.1 Å². The number of nitrogens with one attached hydrogen (secondary N) is 1. The van der Waals surface area contributed by atoms with Gasteiger partial charge < -0.3 is 29.0 Å². The molecular formula is C27H33N2O8. The maximum atomic E-state index is 12.1. The molecule has 0 saturated heterocycles. The second-order valence-corrected chi connectivity index (χ2v) is 7.62. The van der Waals surface area contributed by atoms with Gasteiger partial charge in [-0.3, -0.25) is 14.9 Å². The lowest BCUT2D eigenvalue weighted by molar-refractivity contribution is -0.384. The molecule has 2 aromatic rings. The van der Waals surface area contributed by atoms with Gasteiger partial charge in [-0.25, -0.2) is 0 Å². The second-order valence-electron chi connectivity index (χ2n) is 7.62. The molecule has 0 unspecified atom stereocenters. The fourth-order valence-corrected chi connectivity index (χ4v) is 2.95. The molecule has 2 aromatic carbocycles. The number of carbonyl (C=O) groups excluding carboxylic acids is 1. The summed E-state index contributed by atoms with van der Waals surface area (Å²) < 4.78 is 26.6. The average molecular weight is 514 g/mol. The number of anilines is 1. The van der Waals surface area contributed by atoms with Gasteiger partial charge in [0.05, 0.1) is 70.8 Å². The number of hydrogen-bond acceptors (Lipinski definition) is 8. The number of hydrogen-bond donors (Lipinski definition) is 1. The van der Waals surface area contributed by atoms with Crippen LogP contribution in [0.15, 0.2) is 48.5 Å². The molecule has 0 atom stereocenters. The molecule has 0 saturated carbocycles. The van der Waals surface area contributed by atoms with Crippen molar-refractivity contribution in [3.63, 3.8) is 0 Å². The fourth-order valence-electron chi connectivity index (χ4n) is 2.95. The van der Waals surface area contributed by atoms with E-state index in [0.717, 1.165) is 11.1 Å². The van der Waals surface area contributed by atoms with E-state index in [9.17, 15) is 14.9 Å². The Bertz CT molecular complexity index is 958. The lowest BCUT2D eigenvalue weighted by Crippen LogP contribution is -2.16. The van der Waals surface area contributed by atoms with Gasteiger partial charge >= 0.3 is 0 Å². The summed E-state index contributed by atoms with van der Waals surface area (Å²) in [6.07, 6.45) is 7.19. The van der Waals surface area contributed by atoms with E-state index >= 15 is 0 Å². The van der Waals surface area contributed by atoms with Crippen LogP contribution in [0.2, 0.25) is 0 Å². The lowest BCUT2D eigenvalue weighted by Gasteiger charge is -2.08. The van der Waals surface area contributed by atoms with Gasteiger partial charge in [0, 0.05) is 24.2 Å². The van der Waals surface area contributed by atoms with Crippen molar-refractivity contribution in [2.24, 2.45) is 0 Å². The highest BCUT2D eigenvalue weighted by Crippen LogP contribution is 2.18. The van der Waals surface area contributed by atoms with Gasteiger partial charge in [0.25, 0.3) is 5.69 Å². The summed E-state index contributed by atoms with van der Waals surface area (Å²) in [6.45, 7) is 4.21. The summed E-state index contributed by atoms with van der Waals surface area (Å²) in [7, 11) is 0. The van der Waals surface area contributed by atoms with Crippen molar-refractivity contribution in [1.29, 1.82) is 0 Å². The predicted molar refractivity (Wildman–Crippen MR) is 138 cm³/mol. The van der Waals surface area contributed by atoms with Gasteiger partial charge in [-0.2, -0.15) is 0 Å². The van der Waals surface area contributed by atoms with Crippen LogP contribution in [-0.4, -0.2) is 76.9 Å². The third-order valence-corrected chi connectivity index (χ3v) is 4.78. The lowest BCUT2D eigenvalue weighted by atomic mass is 10.0. The minimum absolute atomic E-state index is 0.0504. The molecule has 10 heteroatoms. The molecule has 37 heavy (non-hydrogen) atoms. The third kappa shape index (κ3) is 14.1. The van der Waals surface area contributed by atoms with Crippen LogP contribution in [-0.2, 0) is 28.5 Å². The Kier molecular flexibility index (Phi) is 15.2. The second kappa shape index (κ2) is 18.9. The Morgan fingerprint density at radius 2 is 1.24 bits per heavy atom. The maximum Gasteiger partial charge on any atom is 0.269 e. The number of nitrogens with zero attached hydrogens (tertiary/aromatic N) is 1. The molecule has 1 radical (unpaired) electrons. The van der Waals surface area contributed by atoms with E-state index in [1.54, 1.807) is 24.3 Å². The number of terminal acetylenes is 1. The van der Waals surface area contributed by atoms with Crippen LogP contribution < -0.4 is 5.32 Å². The highest BCUT2D eigenvalue weighted by molar-refractivity contribution is 5.90. The predicted octanol–water partition coefficient (Wildman–Crippen LogP) is 3.24. The van der Waals surface area contributed by atoms with Crippen LogP contribution in [0.3, 0.4) is 0 Å². The number of carbonyl (C=O) groups is 1. The smallest absolute Gasteiger partial charge is 0.269 e. The molecule has 0 fully saturated rings. The van der Waals surface area contributed by atoms with Crippen molar-refractivity contribution >= 4 is 17.3 Å². The number of rotatable bonds is 20. The summed E-state index contributed by atoms with van der Waals surface area (Å²) in [5, 5.41) is 13.6. The minimum atomic E-state index is -0.431. The molecule has 0 aromatic heterocycles. The molecule has 0 aliphatic heterocycles. The summed E-state index contributed by atoms with van der Waals surface area (Å²) in [5.41, 5.74) is 2.49. The van der Waals surface area contributed by atoms with Crippen molar-refractivity contribution in [3.8, 4) is 12.3 Å². The fraction of sp³-hybridized carbons (Fsp3) is 0.407. The topological polar surface area (TPSA) is 118 Å². The van der Waals surface area contributed by atoms with E-state index in [1.165, 1.54) is 12.1 Å². The zero-order valence-corrected chi connectivity index (χ0v) is 20.8. The van der Waals surface area contributed by atoms with Crippen LogP contribution in [0.4, 0.5) is 11.4 Å². The molecule has 0 bridgehead atoms. The summed E-state index contributed by atoms with van der Waals surface area (Å²) in [5.74, 6) is 2.24. The van der Waals surface area contributed by atoms with Crippen molar-refractivity contribution in [2.45, 2.75) is 6.42 Å². The molecule has 1 amide bonds. The van der Waals surface area contributed by atoms with E-state index in [1.807, 2.05) is 18.6 Å². The zero-order valence-electron chi connectivity index (χ0n) is 20.8. The number of nitro groups is 1. The Labute approximate surface area is 217 Å². The molecule has 199 valence electrons. The summed E-state index contributed by atoms with van der Waals surface area (Å²) in [4.78, 5) is 22.4. The van der Waals surface area contributed by atoms with Crippen molar-refractivity contribution in [3.05, 3.63) is 76.2 Å². The highest BCUT2D eigenvalue weighted by Gasteiger charge is 2.06. The maximum absolute atomic E-state index is 12.1. The zero-order chi connectivity index (χ0) is 26.6.